The molecule has 0 bridgehead atoms. The number of aromatic nitrogens is 2. The molecule has 0 unspecified atom stereocenters. The van der Waals surface area contributed by atoms with Gasteiger partial charge in [-0.1, -0.05) is 11.8 Å². The van der Waals surface area contributed by atoms with Crippen molar-refractivity contribution in [2.75, 3.05) is 45.6 Å². The Morgan fingerprint density at radius 2 is 1.81 bits per heavy atom. The van der Waals surface area contributed by atoms with Gasteiger partial charge in [0.2, 0.25) is 0 Å². The predicted octanol–water partition coefficient (Wildman–Crippen LogP) is 0.988. The number of hydrogen-bond acceptors (Lipinski definition) is 7. The summed E-state index contributed by atoms with van der Waals surface area (Å²) in [6, 6.07) is 0. The van der Waals surface area contributed by atoms with Crippen molar-refractivity contribution >= 4 is 17.7 Å². The van der Waals surface area contributed by atoms with E-state index in [4.69, 9.17) is 4.74 Å². The van der Waals surface area contributed by atoms with Crippen molar-refractivity contribution < 1.29 is 14.6 Å². The molecule has 2 aliphatic heterocycles. The Kier molecular flexibility index (Phi) is 6.50. The number of thioether (sulfide) groups is 1. The van der Waals surface area contributed by atoms with Gasteiger partial charge in [0.1, 0.15) is 0 Å². The number of rotatable bonds is 5. The SMILES string of the molecule is CSc1ncc(C(=O)N2C[C@@H](CN3C[C@@H](C)O[C@@H](C)C3)[C@@H](CO)C2)cn1. The molecule has 4 atom stereocenters. The summed E-state index contributed by atoms with van der Waals surface area (Å²) >= 11 is 1.45. The lowest BCUT2D eigenvalue weighted by atomic mass is 9.96. The van der Waals surface area contributed by atoms with Crippen LogP contribution in [-0.4, -0.2) is 88.6 Å². The summed E-state index contributed by atoms with van der Waals surface area (Å²) in [6.07, 6.45) is 5.53. The van der Waals surface area contributed by atoms with Crippen LogP contribution in [0.4, 0.5) is 0 Å². The first-order valence-corrected chi connectivity index (χ1v) is 10.4. The highest BCUT2D eigenvalue weighted by atomic mass is 32.2. The molecule has 3 heterocycles. The predicted molar refractivity (Wildman–Crippen MR) is 100 cm³/mol. The maximum Gasteiger partial charge on any atom is 0.257 e. The molecule has 1 amide bonds. The maximum absolute atomic E-state index is 12.8. The summed E-state index contributed by atoms with van der Waals surface area (Å²) in [5.74, 6) is 0.328. The van der Waals surface area contributed by atoms with Crippen molar-refractivity contribution in [1.29, 1.82) is 0 Å². The maximum atomic E-state index is 12.8. The van der Waals surface area contributed by atoms with E-state index in [0.717, 1.165) is 19.6 Å². The standard InChI is InChI=1S/C18H28N4O3S/c1-12-6-21(7-13(2)25-12)8-15-9-22(10-16(15)11-23)17(24)14-4-19-18(26-3)20-5-14/h4-5,12-13,15-16,23H,6-11H2,1-3H3/t12-,13+,15-,16-/m1/s1. The molecule has 2 aliphatic rings. The van der Waals surface area contributed by atoms with Crippen molar-refractivity contribution in [1.82, 2.24) is 19.8 Å². The van der Waals surface area contributed by atoms with E-state index in [0.29, 0.717) is 23.8 Å². The molecule has 0 aromatic carbocycles. The number of morpholine rings is 1. The number of carbonyl (C=O) groups excluding carboxylic acids is 1. The van der Waals surface area contributed by atoms with Crippen LogP contribution in [-0.2, 0) is 4.74 Å². The minimum atomic E-state index is -0.0534. The molecule has 1 aromatic heterocycles. The molecule has 0 radical (unpaired) electrons. The molecule has 1 N–H and O–H groups in total. The summed E-state index contributed by atoms with van der Waals surface area (Å²) in [7, 11) is 0. The fourth-order valence-electron chi connectivity index (χ4n) is 4.00. The van der Waals surface area contributed by atoms with Gasteiger partial charge >= 0.3 is 0 Å². The fourth-order valence-corrected chi connectivity index (χ4v) is 4.31. The Morgan fingerprint density at radius 3 is 2.38 bits per heavy atom. The topological polar surface area (TPSA) is 78.8 Å². The smallest absolute Gasteiger partial charge is 0.257 e. The molecule has 2 fully saturated rings. The number of hydrogen-bond donors (Lipinski definition) is 1. The van der Waals surface area contributed by atoms with Gasteiger partial charge in [-0.25, -0.2) is 9.97 Å². The Morgan fingerprint density at radius 1 is 1.19 bits per heavy atom. The Labute approximate surface area is 159 Å². The van der Waals surface area contributed by atoms with Gasteiger partial charge < -0.3 is 14.7 Å². The second-order valence-corrected chi connectivity index (χ2v) is 8.12. The van der Waals surface area contributed by atoms with E-state index in [1.807, 2.05) is 11.2 Å². The third-order valence-corrected chi connectivity index (χ3v) is 5.72. The zero-order valence-corrected chi connectivity index (χ0v) is 16.5. The van der Waals surface area contributed by atoms with Gasteiger partial charge in [-0.3, -0.25) is 9.69 Å². The second kappa shape index (κ2) is 8.65. The largest absolute Gasteiger partial charge is 0.396 e. The number of carbonyl (C=O) groups is 1. The quantitative estimate of drug-likeness (QED) is 0.603. The van der Waals surface area contributed by atoms with Crippen LogP contribution in [0.2, 0.25) is 0 Å². The van der Waals surface area contributed by atoms with E-state index in [1.165, 1.54) is 11.8 Å². The van der Waals surface area contributed by atoms with Crippen LogP contribution >= 0.6 is 11.8 Å². The zero-order valence-electron chi connectivity index (χ0n) is 15.7. The van der Waals surface area contributed by atoms with E-state index >= 15 is 0 Å². The van der Waals surface area contributed by atoms with Crippen molar-refractivity contribution in [3.63, 3.8) is 0 Å². The van der Waals surface area contributed by atoms with Crippen LogP contribution in [0.1, 0.15) is 24.2 Å². The lowest BCUT2D eigenvalue weighted by Gasteiger charge is -2.37. The Hall–Kier alpha value is -1.22. The summed E-state index contributed by atoms with van der Waals surface area (Å²) in [6.45, 7) is 8.21. The molecule has 144 valence electrons. The summed E-state index contributed by atoms with van der Waals surface area (Å²) < 4.78 is 5.80. The van der Waals surface area contributed by atoms with Gasteiger partial charge in [-0.05, 0) is 26.0 Å². The lowest BCUT2D eigenvalue weighted by molar-refractivity contribution is -0.0726. The van der Waals surface area contributed by atoms with Crippen molar-refractivity contribution in [2.24, 2.45) is 11.8 Å². The Balaban J connectivity index is 1.63. The number of nitrogens with zero attached hydrogens (tertiary/aromatic N) is 4. The lowest BCUT2D eigenvalue weighted by Crippen LogP contribution is -2.48. The number of likely N-dealkylation sites (tertiary alicyclic amines) is 1. The Bertz CT molecular complexity index is 605. The van der Waals surface area contributed by atoms with E-state index < -0.39 is 0 Å². The molecular weight excluding hydrogens is 352 g/mol. The number of aliphatic hydroxyl groups excluding tert-OH is 1. The van der Waals surface area contributed by atoms with Crippen LogP contribution < -0.4 is 0 Å². The first-order chi connectivity index (χ1) is 12.5. The van der Waals surface area contributed by atoms with Crippen molar-refractivity contribution in [3.05, 3.63) is 18.0 Å². The van der Waals surface area contributed by atoms with Crippen LogP contribution in [0.5, 0.6) is 0 Å². The van der Waals surface area contributed by atoms with Gasteiger partial charge in [0.15, 0.2) is 5.16 Å². The average molecular weight is 381 g/mol. The molecule has 0 saturated carbocycles. The van der Waals surface area contributed by atoms with Crippen LogP contribution in [0, 0.1) is 11.8 Å². The minimum absolute atomic E-state index is 0.0534. The molecule has 7 nitrogen and oxygen atoms in total. The third kappa shape index (κ3) is 4.54. The molecule has 1 aromatic rings. The normalized spacial score (nSPS) is 29.9. The third-order valence-electron chi connectivity index (χ3n) is 5.14. The van der Waals surface area contributed by atoms with Gasteiger partial charge in [-0.2, -0.15) is 0 Å². The molecular formula is C18H28N4O3S. The highest BCUT2D eigenvalue weighted by Gasteiger charge is 2.37. The van der Waals surface area contributed by atoms with Crippen LogP contribution in [0.3, 0.4) is 0 Å². The second-order valence-electron chi connectivity index (χ2n) is 7.35. The van der Waals surface area contributed by atoms with Gasteiger partial charge in [0.05, 0.1) is 17.8 Å². The van der Waals surface area contributed by atoms with Crippen LogP contribution in [0.15, 0.2) is 17.6 Å². The van der Waals surface area contributed by atoms with Crippen molar-refractivity contribution in [3.8, 4) is 0 Å². The summed E-state index contributed by atoms with van der Waals surface area (Å²) in [4.78, 5) is 25.4. The molecule has 0 aliphatic carbocycles. The van der Waals surface area contributed by atoms with Gasteiger partial charge in [-0.15, -0.1) is 0 Å². The zero-order chi connectivity index (χ0) is 18.7. The average Bonchev–Trinajstić information content (AvgIpc) is 3.03. The monoisotopic (exact) mass is 380 g/mol. The molecule has 3 rings (SSSR count). The van der Waals surface area contributed by atoms with Crippen LogP contribution in [0.25, 0.3) is 0 Å². The first-order valence-electron chi connectivity index (χ1n) is 9.14. The van der Waals surface area contributed by atoms with E-state index in [-0.39, 0.29) is 36.6 Å². The molecule has 8 heteroatoms. The molecule has 26 heavy (non-hydrogen) atoms. The summed E-state index contributed by atoms with van der Waals surface area (Å²) in [5.41, 5.74) is 0.508. The number of ether oxygens (including phenoxy) is 1. The molecule has 0 spiro atoms. The molecule has 2 saturated heterocycles. The summed E-state index contributed by atoms with van der Waals surface area (Å²) in [5, 5.41) is 10.5. The van der Waals surface area contributed by atoms with Crippen molar-refractivity contribution in [2.45, 2.75) is 31.2 Å². The number of aliphatic hydroxyl groups is 1. The number of amides is 1. The minimum Gasteiger partial charge on any atom is -0.396 e. The highest BCUT2D eigenvalue weighted by Crippen LogP contribution is 2.26. The van der Waals surface area contributed by atoms with E-state index in [2.05, 4.69) is 28.7 Å². The van der Waals surface area contributed by atoms with E-state index in [1.54, 1.807) is 12.4 Å². The first kappa shape index (κ1) is 19.5. The van der Waals surface area contributed by atoms with E-state index in [9.17, 15) is 9.90 Å². The van der Waals surface area contributed by atoms with Gasteiger partial charge in [0, 0.05) is 57.6 Å². The fraction of sp³-hybridized carbons (Fsp3) is 0.722. The highest BCUT2D eigenvalue weighted by molar-refractivity contribution is 7.98. The van der Waals surface area contributed by atoms with Gasteiger partial charge in [0.25, 0.3) is 5.91 Å².